The first-order valence-electron chi connectivity index (χ1n) is 8.52. The summed E-state index contributed by atoms with van der Waals surface area (Å²) in [6, 6.07) is 8.98. The fourth-order valence-electron chi connectivity index (χ4n) is 2.59. The van der Waals surface area contributed by atoms with Crippen molar-refractivity contribution in [2.75, 3.05) is 35.5 Å². The topological polar surface area (TPSA) is 75.3 Å². The van der Waals surface area contributed by atoms with Crippen LogP contribution in [0.2, 0.25) is 0 Å². The first-order chi connectivity index (χ1) is 13.5. The Bertz CT molecular complexity index is 800. The summed E-state index contributed by atoms with van der Waals surface area (Å²) in [5.74, 6) is 2.62. The van der Waals surface area contributed by atoms with Gasteiger partial charge in [0.1, 0.15) is 11.5 Å². The molecule has 2 rings (SSSR count). The summed E-state index contributed by atoms with van der Waals surface area (Å²) in [7, 11) is 7.78. The average molecular weight is 387 g/mol. The number of methoxy groups -OCH3 is 5. The highest BCUT2D eigenvalue weighted by atomic mass is 16.5. The van der Waals surface area contributed by atoms with Gasteiger partial charge < -0.3 is 29.0 Å². The highest BCUT2D eigenvalue weighted by Gasteiger charge is 2.12. The van der Waals surface area contributed by atoms with Gasteiger partial charge in [-0.05, 0) is 41.5 Å². The second-order valence-electron chi connectivity index (χ2n) is 5.73. The van der Waals surface area contributed by atoms with E-state index in [-0.39, 0.29) is 5.91 Å². The zero-order valence-electron chi connectivity index (χ0n) is 16.7. The molecule has 1 amide bonds. The minimum absolute atomic E-state index is 0.240. The number of amides is 1. The third-order valence-corrected chi connectivity index (χ3v) is 3.99. The van der Waals surface area contributed by atoms with Crippen LogP contribution in [-0.4, -0.2) is 41.5 Å². The molecule has 0 unspecified atom stereocenters. The molecule has 0 aliphatic carbocycles. The molecule has 28 heavy (non-hydrogen) atoms. The Balaban J connectivity index is 2.08. The molecular weight excluding hydrogens is 362 g/mol. The normalized spacial score (nSPS) is 10.5. The van der Waals surface area contributed by atoms with E-state index >= 15 is 0 Å². The molecule has 0 spiro atoms. The number of hydrogen-bond acceptors (Lipinski definition) is 6. The van der Waals surface area contributed by atoms with E-state index in [4.69, 9.17) is 23.7 Å². The number of carbonyl (C=O) groups excluding carboxylic acids is 1. The third kappa shape index (κ3) is 5.33. The van der Waals surface area contributed by atoms with E-state index in [2.05, 4.69) is 5.32 Å². The van der Waals surface area contributed by atoms with Crippen LogP contribution in [0.15, 0.2) is 36.4 Å². The average Bonchev–Trinajstić information content (AvgIpc) is 2.74. The highest BCUT2D eigenvalue weighted by molar-refractivity contribution is 5.91. The predicted octanol–water partition coefficient (Wildman–Crippen LogP) is 3.06. The molecule has 0 radical (unpaired) electrons. The lowest BCUT2D eigenvalue weighted by atomic mass is 10.1. The van der Waals surface area contributed by atoms with Gasteiger partial charge in [-0.3, -0.25) is 4.79 Å². The molecule has 2 aromatic carbocycles. The van der Waals surface area contributed by atoms with Crippen molar-refractivity contribution in [1.82, 2.24) is 5.32 Å². The van der Waals surface area contributed by atoms with Crippen molar-refractivity contribution in [3.05, 3.63) is 47.5 Å². The lowest BCUT2D eigenvalue weighted by molar-refractivity contribution is -0.116. The van der Waals surface area contributed by atoms with E-state index in [1.165, 1.54) is 13.2 Å². The van der Waals surface area contributed by atoms with Crippen molar-refractivity contribution >= 4 is 12.0 Å². The molecule has 0 saturated carbocycles. The van der Waals surface area contributed by atoms with Crippen LogP contribution >= 0.6 is 0 Å². The minimum atomic E-state index is -0.240. The van der Waals surface area contributed by atoms with E-state index in [0.29, 0.717) is 35.3 Å². The van der Waals surface area contributed by atoms with Gasteiger partial charge in [-0.2, -0.15) is 0 Å². The minimum Gasteiger partial charge on any atom is -0.497 e. The summed E-state index contributed by atoms with van der Waals surface area (Å²) in [4.78, 5) is 12.2. The maximum absolute atomic E-state index is 12.2. The molecule has 0 fully saturated rings. The quantitative estimate of drug-likeness (QED) is 0.667. The van der Waals surface area contributed by atoms with Crippen molar-refractivity contribution in [2.24, 2.45) is 0 Å². The van der Waals surface area contributed by atoms with E-state index in [1.807, 2.05) is 12.1 Å². The Labute approximate surface area is 164 Å². The molecule has 1 N–H and O–H groups in total. The molecule has 2 aromatic rings. The second kappa shape index (κ2) is 10.1. The van der Waals surface area contributed by atoms with Gasteiger partial charge in [0.05, 0.1) is 35.5 Å². The number of rotatable bonds is 9. The zero-order valence-corrected chi connectivity index (χ0v) is 16.7. The van der Waals surface area contributed by atoms with Crippen molar-refractivity contribution in [3.8, 4) is 28.7 Å². The molecule has 0 saturated heterocycles. The van der Waals surface area contributed by atoms with Gasteiger partial charge in [0.2, 0.25) is 11.7 Å². The van der Waals surface area contributed by atoms with Crippen LogP contribution < -0.4 is 29.0 Å². The first kappa shape index (κ1) is 21.0. The SMILES string of the molecule is COc1cc(CNC(=O)/C=C/c2cc(OC)c(OC)c(OC)c2)cc(OC)c1. The van der Waals surface area contributed by atoms with Gasteiger partial charge in [-0.15, -0.1) is 0 Å². The lowest BCUT2D eigenvalue weighted by Crippen LogP contribution is -2.20. The fourth-order valence-corrected chi connectivity index (χ4v) is 2.59. The van der Waals surface area contributed by atoms with Gasteiger partial charge in [0.15, 0.2) is 11.5 Å². The maximum Gasteiger partial charge on any atom is 0.244 e. The number of carbonyl (C=O) groups is 1. The molecule has 7 nitrogen and oxygen atoms in total. The van der Waals surface area contributed by atoms with Crippen molar-refractivity contribution < 1.29 is 28.5 Å². The van der Waals surface area contributed by atoms with Gasteiger partial charge in [0.25, 0.3) is 0 Å². The van der Waals surface area contributed by atoms with Gasteiger partial charge >= 0.3 is 0 Å². The summed E-state index contributed by atoms with van der Waals surface area (Å²) in [5.41, 5.74) is 1.61. The first-order valence-corrected chi connectivity index (χ1v) is 8.52. The Morgan fingerprint density at radius 3 is 1.86 bits per heavy atom. The van der Waals surface area contributed by atoms with E-state index in [9.17, 15) is 4.79 Å². The van der Waals surface area contributed by atoms with Crippen LogP contribution in [0.4, 0.5) is 0 Å². The number of hydrogen-bond donors (Lipinski definition) is 1. The Hall–Kier alpha value is -3.35. The maximum atomic E-state index is 12.2. The third-order valence-electron chi connectivity index (χ3n) is 3.99. The van der Waals surface area contributed by atoms with Crippen LogP contribution in [0.3, 0.4) is 0 Å². The number of benzene rings is 2. The van der Waals surface area contributed by atoms with Crippen molar-refractivity contribution in [1.29, 1.82) is 0 Å². The fraction of sp³-hybridized carbons (Fsp3) is 0.286. The van der Waals surface area contributed by atoms with Crippen molar-refractivity contribution in [2.45, 2.75) is 6.54 Å². The van der Waals surface area contributed by atoms with Gasteiger partial charge in [0, 0.05) is 18.7 Å². The van der Waals surface area contributed by atoms with Crippen LogP contribution in [0.5, 0.6) is 28.7 Å². The summed E-state index contributed by atoms with van der Waals surface area (Å²) in [5, 5.41) is 2.83. The molecule has 0 atom stereocenters. The summed E-state index contributed by atoms with van der Waals surface area (Å²) < 4.78 is 26.4. The van der Waals surface area contributed by atoms with Gasteiger partial charge in [-0.1, -0.05) is 0 Å². The molecular formula is C21H25NO6. The summed E-state index contributed by atoms with van der Waals surface area (Å²) in [6.07, 6.45) is 3.12. The Kier molecular flexibility index (Phi) is 7.56. The smallest absolute Gasteiger partial charge is 0.244 e. The van der Waals surface area contributed by atoms with Crippen LogP contribution in [-0.2, 0) is 11.3 Å². The highest BCUT2D eigenvalue weighted by Crippen LogP contribution is 2.38. The standard InChI is InChI=1S/C21H25NO6/c1-24-16-8-15(9-17(12-16)25-2)13-22-20(23)7-6-14-10-18(26-3)21(28-5)19(11-14)27-4/h6-12H,13H2,1-5H3,(H,22,23)/b7-6+. The molecule has 0 aliphatic heterocycles. The lowest BCUT2D eigenvalue weighted by Gasteiger charge is -2.12. The predicted molar refractivity (Wildman–Crippen MR) is 107 cm³/mol. The largest absolute Gasteiger partial charge is 0.497 e. The van der Waals surface area contributed by atoms with Gasteiger partial charge in [-0.25, -0.2) is 0 Å². The second-order valence-corrected chi connectivity index (χ2v) is 5.73. The zero-order chi connectivity index (χ0) is 20.5. The van der Waals surface area contributed by atoms with Crippen LogP contribution in [0.1, 0.15) is 11.1 Å². The van der Waals surface area contributed by atoms with E-state index in [1.54, 1.807) is 52.7 Å². The molecule has 0 aliphatic rings. The molecule has 7 heteroatoms. The van der Waals surface area contributed by atoms with E-state index < -0.39 is 0 Å². The monoisotopic (exact) mass is 387 g/mol. The summed E-state index contributed by atoms with van der Waals surface area (Å²) >= 11 is 0. The Morgan fingerprint density at radius 2 is 1.39 bits per heavy atom. The summed E-state index contributed by atoms with van der Waals surface area (Å²) in [6.45, 7) is 0.339. The molecule has 0 heterocycles. The van der Waals surface area contributed by atoms with Crippen LogP contribution in [0, 0.1) is 0 Å². The van der Waals surface area contributed by atoms with E-state index in [0.717, 1.165) is 11.1 Å². The Morgan fingerprint density at radius 1 is 0.821 bits per heavy atom. The number of ether oxygens (including phenoxy) is 5. The number of nitrogens with one attached hydrogen (secondary N) is 1. The van der Waals surface area contributed by atoms with Crippen molar-refractivity contribution in [3.63, 3.8) is 0 Å². The molecule has 150 valence electrons. The molecule has 0 bridgehead atoms. The van der Waals surface area contributed by atoms with Crippen LogP contribution in [0.25, 0.3) is 6.08 Å². The molecule has 0 aromatic heterocycles.